The maximum absolute atomic E-state index is 5.16. The zero-order valence-electron chi connectivity index (χ0n) is 8.06. The first-order chi connectivity index (χ1) is 5.91. The smallest absolute Gasteiger partial charge is 0.107 e. The van der Waals surface area contributed by atoms with Crippen LogP contribution in [0, 0.1) is 11.8 Å². The lowest BCUT2D eigenvalue weighted by molar-refractivity contribution is 0.162. The molecule has 0 saturated heterocycles. The van der Waals surface area contributed by atoms with E-state index in [1.54, 1.807) is 0 Å². The highest BCUT2D eigenvalue weighted by atomic mass is 16.5. The molecule has 0 aromatic rings. The van der Waals surface area contributed by atoms with Crippen molar-refractivity contribution in [2.75, 3.05) is 26.4 Å². The van der Waals surface area contributed by atoms with Gasteiger partial charge < -0.3 is 9.47 Å². The maximum Gasteiger partial charge on any atom is 0.107 e. The molecule has 0 atom stereocenters. The summed E-state index contributed by atoms with van der Waals surface area (Å²) in [5.74, 6) is 5.76. The Kier molecular flexibility index (Phi) is 10.0. The molecule has 0 unspecified atom stereocenters. The Morgan fingerprint density at radius 1 is 0.833 bits per heavy atom. The molecule has 0 aliphatic rings. The molecule has 0 rings (SSSR count). The molecule has 0 heterocycles. The summed E-state index contributed by atoms with van der Waals surface area (Å²) in [4.78, 5) is 0. The number of hydrogen-bond donors (Lipinski definition) is 0. The maximum atomic E-state index is 5.16. The van der Waals surface area contributed by atoms with E-state index in [0.29, 0.717) is 13.2 Å². The Morgan fingerprint density at radius 2 is 1.25 bits per heavy atom. The molecule has 70 valence electrons. The van der Waals surface area contributed by atoms with E-state index in [9.17, 15) is 0 Å². The van der Waals surface area contributed by atoms with Crippen molar-refractivity contribution in [3.8, 4) is 11.8 Å². The number of rotatable bonds is 6. The topological polar surface area (TPSA) is 18.5 Å². The second-order valence-electron chi connectivity index (χ2n) is 2.46. The number of hydrogen-bond acceptors (Lipinski definition) is 2. The largest absolute Gasteiger partial charge is 0.369 e. The van der Waals surface area contributed by atoms with Crippen LogP contribution in [0.25, 0.3) is 0 Å². The van der Waals surface area contributed by atoms with Gasteiger partial charge in [0.2, 0.25) is 0 Å². The first-order valence-electron chi connectivity index (χ1n) is 4.53. The van der Waals surface area contributed by atoms with E-state index in [2.05, 4.69) is 25.7 Å². The summed E-state index contributed by atoms with van der Waals surface area (Å²) in [5, 5.41) is 0. The molecular weight excluding hydrogens is 152 g/mol. The van der Waals surface area contributed by atoms with Crippen LogP contribution >= 0.6 is 0 Å². The van der Waals surface area contributed by atoms with Crippen molar-refractivity contribution in [2.24, 2.45) is 0 Å². The van der Waals surface area contributed by atoms with Crippen molar-refractivity contribution >= 4 is 0 Å². The molecule has 0 aliphatic heterocycles. The SMILES string of the molecule is CCCOCC#CCOCCC. The fourth-order valence-electron chi connectivity index (χ4n) is 0.637. The van der Waals surface area contributed by atoms with Crippen LogP contribution in [0.15, 0.2) is 0 Å². The van der Waals surface area contributed by atoms with Gasteiger partial charge in [-0.1, -0.05) is 25.7 Å². The Morgan fingerprint density at radius 3 is 1.58 bits per heavy atom. The molecular formula is C10H18O2. The van der Waals surface area contributed by atoms with Gasteiger partial charge in [-0.05, 0) is 12.8 Å². The summed E-state index contributed by atoms with van der Waals surface area (Å²) < 4.78 is 10.3. The van der Waals surface area contributed by atoms with Crippen LogP contribution in [-0.2, 0) is 9.47 Å². The van der Waals surface area contributed by atoms with Gasteiger partial charge in [0.1, 0.15) is 13.2 Å². The quantitative estimate of drug-likeness (QED) is 0.447. The summed E-state index contributed by atoms with van der Waals surface area (Å²) in [6.45, 7) is 6.82. The predicted octanol–water partition coefficient (Wildman–Crippen LogP) is 1.84. The molecule has 12 heavy (non-hydrogen) atoms. The van der Waals surface area contributed by atoms with Crippen molar-refractivity contribution in [3.63, 3.8) is 0 Å². The second-order valence-corrected chi connectivity index (χ2v) is 2.46. The summed E-state index contributed by atoms with van der Waals surface area (Å²) in [5.41, 5.74) is 0. The average Bonchev–Trinajstić information content (AvgIpc) is 2.10. The summed E-state index contributed by atoms with van der Waals surface area (Å²) in [7, 11) is 0. The van der Waals surface area contributed by atoms with E-state index >= 15 is 0 Å². The van der Waals surface area contributed by atoms with Crippen molar-refractivity contribution in [1.29, 1.82) is 0 Å². The van der Waals surface area contributed by atoms with Gasteiger partial charge >= 0.3 is 0 Å². The van der Waals surface area contributed by atoms with Gasteiger partial charge in [-0.25, -0.2) is 0 Å². The monoisotopic (exact) mass is 170 g/mol. The normalized spacial score (nSPS) is 9.17. The van der Waals surface area contributed by atoms with E-state index < -0.39 is 0 Å². The first-order valence-corrected chi connectivity index (χ1v) is 4.53. The van der Waals surface area contributed by atoms with Crippen molar-refractivity contribution < 1.29 is 9.47 Å². The zero-order chi connectivity index (χ0) is 9.07. The van der Waals surface area contributed by atoms with Gasteiger partial charge in [-0.15, -0.1) is 0 Å². The van der Waals surface area contributed by atoms with Crippen LogP contribution in [0.4, 0.5) is 0 Å². The van der Waals surface area contributed by atoms with E-state index in [4.69, 9.17) is 9.47 Å². The van der Waals surface area contributed by atoms with Crippen molar-refractivity contribution in [3.05, 3.63) is 0 Å². The third kappa shape index (κ3) is 9.48. The molecule has 0 bridgehead atoms. The van der Waals surface area contributed by atoms with Crippen LogP contribution in [0.3, 0.4) is 0 Å². The van der Waals surface area contributed by atoms with E-state index in [1.807, 2.05) is 0 Å². The number of ether oxygens (including phenoxy) is 2. The lowest BCUT2D eigenvalue weighted by atomic mass is 10.5. The molecule has 0 aromatic heterocycles. The fraction of sp³-hybridized carbons (Fsp3) is 0.800. The molecule has 0 aliphatic carbocycles. The molecule has 0 fully saturated rings. The second kappa shape index (κ2) is 10.5. The summed E-state index contributed by atoms with van der Waals surface area (Å²) >= 11 is 0. The Bertz CT molecular complexity index is 119. The van der Waals surface area contributed by atoms with E-state index in [0.717, 1.165) is 26.1 Å². The van der Waals surface area contributed by atoms with Crippen molar-refractivity contribution in [2.45, 2.75) is 26.7 Å². The minimum atomic E-state index is 0.531. The van der Waals surface area contributed by atoms with E-state index in [1.165, 1.54) is 0 Å². The van der Waals surface area contributed by atoms with Crippen LogP contribution in [0.2, 0.25) is 0 Å². The zero-order valence-corrected chi connectivity index (χ0v) is 8.06. The third-order valence-corrected chi connectivity index (χ3v) is 1.17. The Balaban J connectivity index is 3.01. The lowest BCUT2D eigenvalue weighted by Crippen LogP contribution is -1.95. The van der Waals surface area contributed by atoms with Gasteiger partial charge in [0, 0.05) is 13.2 Å². The minimum absolute atomic E-state index is 0.531. The van der Waals surface area contributed by atoms with Gasteiger partial charge in [-0.3, -0.25) is 0 Å². The Labute approximate surface area is 75.3 Å². The first kappa shape index (κ1) is 11.5. The molecule has 2 nitrogen and oxygen atoms in total. The highest BCUT2D eigenvalue weighted by Gasteiger charge is 1.80. The minimum Gasteiger partial charge on any atom is -0.369 e. The molecule has 0 spiro atoms. The van der Waals surface area contributed by atoms with Crippen LogP contribution in [-0.4, -0.2) is 26.4 Å². The molecule has 0 radical (unpaired) electrons. The molecule has 0 saturated carbocycles. The van der Waals surface area contributed by atoms with Gasteiger partial charge in [0.25, 0.3) is 0 Å². The lowest BCUT2D eigenvalue weighted by Gasteiger charge is -1.94. The van der Waals surface area contributed by atoms with Crippen molar-refractivity contribution in [1.82, 2.24) is 0 Å². The standard InChI is InChI=1S/C10H18O2/c1-3-7-11-9-5-6-10-12-8-4-2/h3-4,7-10H2,1-2H3. The Hall–Kier alpha value is -0.520. The van der Waals surface area contributed by atoms with E-state index in [-0.39, 0.29) is 0 Å². The van der Waals surface area contributed by atoms with Gasteiger partial charge in [0.15, 0.2) is 0 Å². The molecule has 2 heteroatoms. The van der Waals surface area contributed by atoms with Gasteiger partial charge in [-0.2, -0.15) is 0 Å². The van der Waals surface area contributed by atoms with Gasteiger partial charge in [0.05, 0.1) is 0 Å². The highest BCUT2D eigenvalue weighted by Crippen LogP contribution is 1.79. The predicted molar refractivity (Wildman–Crippen MR) is 50.0 cm³/mol. The fourth-order valence-corrected chi connectivity index (χ4v) is 0.637. The van der Waals surface area contributed by atoms with Crippen LogP contribution < -0.4 is 0 Å². The average molecular weight is 170 g/mol. The third-order valence-electron chi connectivity index (χ3n) is 1.17. The summed E-state index contributed by atoms with van der Waals surface area (Å²) in [6.07, 6.45) is 2.10. The van der Waals surface area contributed by atoms with Crippen LogP contribution in [0.1, 0.15) is 26.7 Å². The molecule has 0 aromatic carbocycles. The summed E-state index contributed by atoms with van der Waals surface area (Å²) in [6, 6.07) is 0. The van der Waals surface area contributed by atoms with Crippen LogP contribution in [0.5, 0.6) is 0 Å². The molecule has 0 amide bonds. The molecule has 0 N–H and O–H groups in total. The highest BCUT2D eigenvalue weighted by molar-refractivity contribution is 4.99.